The molecule has 2 aromatic heterocycles. The van der Waals surface area contributed by atoms with E-state index >= 15 is 0 Å². The van der Waals surface area contributed by atoms with Gasteiger partial charge in [-0.15, -0.1) is 0 Å². The Morgan fingerprint density at radius 1 is 1.35 bits per heavy atom. The van der Waals surface area contributed by atoms with Gasteiger partial charge in [-0.05, 0) is 43.7 Å². The minimum Gasteiger partial charge on any atom is -0.393 e. The number of aliphatic hydroxyl groups excluding tert-OH is 1. The van der Waals surface area contributed by atoms with Gasteiger partial charge >= 0.3 is 0 Å². The maximum atomic E-state index is 12.1. The zero-order valence-electron chi connectivity index (χ0n) is 11.3. The number of aliphatic hydroxyl groups is 1. The van der Waals surface area contributed by atoms with Crippen LogP contribution >= 0.6 is 0 Å². The molecule has 5 nitrogen and oxygen atoms in total. The van der Waals surface area contributed by atoms with Gasteiger partial charge in [-0.1, -0.05) is 6.07 Å². The van der Waals surface area contributed by atoms with E-state index in [0.717, 1.165) is 31.3 Å². The standard InChI is InChI=1S/C15H19N3O2/c19-12-6-4-11(5-7-12)9-16-15(20)13-10-18-8-2-1-3-14(18)17-13/h1-3,8,10-12,19H,4-7,9H2,(H,16,20). The summed E-state index contributed by atoms with van der Waals surface area (Å²) in [6, 6.07) is 5.68. The van der Waals surface area contributed by atoms with E-state index in [-0.39, 0.29) is 12.0 Å². The highest BCUT2D eigenvalue weighted by molar-refractivity contribution is 5.92. The Hall–Kier alpha value is -1.88. The van der Waals surface area contributed by atoms with Crippen LogP contribution in [-0.2, 0) is 0 Å². The third-order valence-electron chi connectivity index (χ3n) is 3.96. The zero-order valence-corrected chi connectivity index (χ0v) is 11.3. The van der Waals surface area contributed by atoms with Gasteiger partial charge in [-0.2, -0.15) is 0 Å². The molecule has 20 heavy (non-hydrogen) atoms. The Balaban J connectivity index is 1.59. The van der Waals surface area contributed by atoms with Crippen LogP contribution in [0.4, 0.5) is 0 Å². The molecule has 2 N–H and O–H groups in total. The number of carbonyl (C=O) groups is 1. The molecule has 2 heterocycles. The first-order chi connectivity index (χ1) is 9.72. The average molecular weight is 273 g/mol. The third kappa shape index (κ3) is 2.82. The van der Waals surface area contributed by atoms with Crippen molar-refractivity contribution in [2.75, 3.05) is 6.54 Å². The fourth-order valence-corrected chi connectivity index (χ4v) is 2.72. The molecule has 0 saturated heterocycles. The molecular formula is C15H19N3O2. The summed E-state index contributed by atoms with van der Waals surface area (Å²) in [5.41, 5.74) is 1.23. The number of nitrogens with one attached hydrogen (secondary N) is 1. The number of imidazole rings is 1. The van der Waals surface area contributed by atoms with Gasteiger partial charge in [0.15, 0.2) is 0 Å². The van der Waals surface area contributed by atoms with Crippen molar-refractivity contribution >= 4 is 11.6 Å². The summed E-state index contributed by atoms with van der Waals surface area (Å²) in [6.07, 6.45) is 7.11. The van der Waals surface area contributed by atoms with Crippen molar-refractivity contribution in [3.8, 4) is 0 Å². The van der Waals surface area contributed by atoms with Crippen molar-refractivity contribution in [2.24, 2.45) is 5.92 Å². The van der Waals surface area contributed by atoms with E-state index in [9.17, 15) is 9.90 Å². The minimum absolute atomic E-state index is 0.125. The van der Waals surface area contributed by atoms with Crippen molar-refractivity contribution in [1.82, 2.24) is 14.7 Å². The van der Waals surface area contributed by atoms with E-state index in [1.54, 1.807) is 6.20 Å². The summed E-state index contributed by atoms with van der Waals surface area (Å²) in [7, 11) is 0. The highest BCUT2D eigenvalue weighted by Gasteiger charge is 2.20. The number of nitrogens with zero attached hydrogens (tertiary/aromatic N) is 2. The predicted molar refractivity (Wildman–Crippen MR) is 75.5 cm³/mol. The Morgan fingerprint density at radius 2 is 2.15 bits per heavy atom. The van der Waals surface area contributed by atoms with Gasteiger partial charge in [-0.25, -0.2) is 4.98 Å². The van der Waals surface area contributed by atoms with E-state index in [4.69, 9.17) is 0 Å². The molecule has 0 bridgehead atoms. The van der Waals surface area contributed by atoms with Crippen molar-refractivity contribution in [3.63, 3.8) is 0 Å². The normalized spacial score (nSPS) is 22.9. The lowest BCUT2D eigenvalue weighted by atomic mass is 9.87. The van der Waals surface area contributed by atoms with Gasteiger partial charge < -0.3 is 14.8 Å². The van der Waals surface area contributed by atoms with E-state index in [1.165, 1.54) is 0 Å². The molecule has 1 saturated carbocycles. The molecule has 0 aromatic carbocycles. The second-order valence-corrected chi connectivity index (χ2v) is 5.48. The molecule has 0 atom stereocenters. The number of aromatic nitrogens is 2. The van der Waals surface area contributed by atoms with Crippen LogP contribution in [0.25, 0.3) is 5.65 Å². The Bertz CT molecular complexity index is 567. The molecule has 0 radical (unpaired) electrons. The molecule has 1 fully saturated rings. The molecular weight excluding hydrogens is 254 g/mol. The largest absolute Gasteiger partial charge is 0.393 e. The minimum atomic E-state index is -0.152. The molecule has 0 unspecified atom stereocenters. The zero-order chi connectivity index (χ0) is 13.9. The third-order valence-corrected chi connectivity index (χ3v) is 3.96. The quantitative estimate of drug-likeness (QED) is 0.893. The molecule has 1 aliphatic rings. The van der Waals surface area contributed by atoms with Crippen LogP contribution < -0.4 is 5.32 Å². The van der Waals surface area contributed by atoms with Crippen LogP contribution in [0.3, 0.4) is 0 Å². The topological polar surface area (TPSA) is 66.6 Å². The van der Waals surface area contributed by atoms with Gasteiger partial charge in [-0.3, -0.25) is 4.79 Å². The van der Waals surface area contributed by atoms with Crippen LogP contribution in [0.5, 0.6) is 0 Å². The Kier molecular flexibility index (Phi) is 3.69. The fraction of sp³-hybridized carbons (Fsp3) is 0.467. The lowest BCUT2D eigenvalue weighted by Crippen LogP contribution is -2.32. The number of hydrogen-bond donors (Lipinski definition) is 2. The summed E-state index contributed by atoms with van der Waals surface area (Å²) < 4.78 is 1.84. The number of amides is 1. The van der Waals surface area contributed by atoms with Gasteiger partial charge in [0, 0.05) is 18.9 Å². The van der Waals surface area contributed by atoms with Crippen molar-refractivity contribution in [1.29, 1.82) is 0 Å². The summed E-state index contributed by atoms with van der Waals surface area (Å²) in [4.78, 5) is 16.4. The highest BCUT2D eigenvalue weighted by atomic mass is 16.3. The van der Waals surface area contributed by atoms with Crippen molar-refractivity contribution in [2.45, 2.75) is 31.8 Å². The van der Waals surface area contributed by atoms with E-state index in [1.807, 2.05) is 28.8 Å². The van der Waals surface area contributed by atoms with Gasteiger partial charge in [0.2, 0.25) is 0 Å². The Labute approximate surface area is 117 Å². The highest BCUT2D eigenvalue weighted by Crippen LogP contribution is 2.23. The maximum Gasteiger partial charge on any atom is 0.271 e. The van der Waals surface area contributed by atoms with Crippen LogP contribution in [0.1, 0.15) is 36.2 Å². The average Bonchev–Trinajstić information content (AvgIpc) is 2.90. The maximum absolute atomic E-state index is 12.1. The second kappa shape index (κ2) is 5.63. The number of hydrogen-bond acceptors (Lipinski definition) is 3. The monoisotopic (exact) mass is 273 g/mol. The lowest BCUT2D eigenvalue weighted by Gasteiger charge is -2.25. The van der Waals surface area contributed by atoms with Crippen LogP contribution in [0, 0.1) is 5.92 Å². The molecule has 5 heteroatoms. The SMILES string of the molecule is O=C(NCC1CCC(O)CC1)c1cn2ccccc2n1. The Morgan fingerprint density at radius 3 is 2.90 bits per heavy atom. The first-order valence-corrected chi connectivity index (χ1v) is 7.12. The van der Waals surface area contributed by atoms with Crippen molar-refractivity contribution in [3.05, 3.63) is 36.3 Å². The summed E-state index contributed by atoms with van der Waals surface area (Å²) in [5, 5.41) is 12.4. The first-order valence-electron chi connectivity index (χ1n) is 7.12. The molecule has 3 rings (SSSR count). The molecule has 106 valence electrons. The molecule has 0 spiro atoms. The van der Waals surface area contributed by atoms with Gasteiger partial charge in [0.25, 0.3) is 5.91 Å². The number of rotatable bonds is 3. The summed E-state index contributed by atoms with van der Waals surface area (Å²) >= 11 is 0. The summed E-state index contributed by atoms with van der Waals surface area (Å²) in [5.74, 6) is 0.346. The smallest absolute Gasteiger partial charge is 0.271 e. The lowest BCUT2D eigenvalue weighted by molar-refractivity contribution is 0.0906. The molecule has 2 aromatic rings. The number of carbonyl (C=O) groups excluding carboxylic acids is 1. The number of pyridine rings is 1. The van der Waals surface area contributed by atoms with E-state index in [0.29, 0.717) is 18.2 Å². The second-order valence-electron chi connectivity index (χ2n) is 5.48. The van der Waals surface area contributed by atoms with Crippen LogP contribution in [0.15, 0.2) is 30.6 Å². The van der Waals surface area contributed by atoms with E-state index < -0.39 is 0 Å². The molecule has 1 amide bonds. The molecule has 0 aliphatic heterocycles. The molecule has 1 aliphatic carbocycles. The van der Waals surface area contributed by atoms with Gasteiger partial charge in [0.1, 0.15) is 11.3 Å². The van der Waals surface area contributed by atoms with Gasteiger partial charge in [0.05, 0.1) is 6.10 Å². The predicted octanol–water partition coefficient (Wildman–Crippen LogP) is 1.62. The van der Waals surface area contributed by atoms with Crippen LogP contribution in [-0.4, -0.2) is 33.0 Å². The van der Waals surface area contributed by atoms with E-state index in [2.05, 4.69) is 10.3 Å². The van der Waals surface area contributed by atoms with Crippen molar-refractivity contribution < 1.29 is 9.90 Å². The first kappa shape index (κ1) is 13.1. The van der Waals surface area contributed by atoms with Crippen LogP contribution in [0.2, 0.25) is 0 Å². The fourth-order valence-electron chi connectivity index (χ4n) is 2.72. The summed E-state index contributed by atoms with van der Waals surface area (Å²) in [6.45, 7) is 0.666. The number of fused-ring (bicyclic) bond motifs is 1.